The molecular weight excluding hydrogens is 893 g/mol. The molecule has 0 spiro atoms. The Morgan fingerprint density at radius 2 is 0.871 bits per heavy atom. The molecule has 0 bridgehead atoms. The van der Waals surface area contributed by atoms with Crippen LogP contribution in [-0.2, 0) is 0 Å². The first kappa shape index (κ1) is 38.2. The molecule has 11 aromatic carbocycles. The van der Waals surface area contributed by atoms with Gasteiger partial charge in [0, 0.05) is 78.7 Å². The lowest BCUT2D eigenvalue weighted by Gasteiger charge is -2.13. The number of para-hydroxylation sites is 1. The predicted octanol–water partition coefficient (Wildman–Crippen LogP) is 18.1. The van der Waals surface area contributed by atoms with Crippen LogP contribution in [0.1, 0.15) is 0 Å². The highest BCUT2D eigenvalue weighted by atomic mass is 32.1. The average molecular weight is 927 g/mol. The van der Waals surface area contributed by atoms with Crippen molar-refractivity contribution in [3.05, 3.63) is 206 Å². The Morgan fingerprint density at radius 1 is 0.343 bits per heavy atom. The van der Waals surface area contributed by atoms with Crippen LogP contribution in [0, 0.1) is 0 Å². The van der Waals surface area contributed by atoms with E-state index < -0.39 is 0 Å². The Morgan fingerprint density at radius 3 is 1.59 bits per heavy atom. The summed E-state index contributed by atoms with van der Waals surface area (Å²) in [6, 6.07) is 74.6. The number of nitrogens with zero attached hydrogens (tertiary/aromatic N) is 4. The summed E-state index contributed by atoms with van der Waals surface area (Å²) >= 11 is 3.60. The van der Waals surface area contributed by atoms with Crippen molar-refractivity contribution in [1.82, 2.24) is 19.5 Å². The van der Waals surface area contributed by atoms with Crippen LogP contribution >= 0.6 is 22.7 Å². The van der Waals surface area contributed by atoms with Gasteiger partial charge >= 0.3 is 0 Å². The summed E-state index contributed by atoms with van der Waals surface area (Å²) in [6.45, 7) is 0. The first-order valence-electron chi connectivity index (χ1n) is 23.5. The summed E-state index contributed by atoms with van der Waals surface area (Å²) < 4.78 is 14.3. The van der Waals surface area contributed by atoms with Gasteiger partial charge in [0.15, 0.2) is 17.5 Å². The lowest BCUT2D eigenvalue weighted by atomic mass is 9.99. The summed E-state index contributed by atoms with van der Waals surface area (Å²) in [5.41, 5.74) is 7.63. The zero-order chi connectivity index (χ0) is 45.6. The molecule has 16 aromatic rings. The lowest BCUT2D eigenvalue weighted by molar-refractivity contribution is 0.670. The third-order valence-corrected chi connectivity index (χ3v) is 16.6. The fraction of sp³-hybridized carbons (Fsp3) is 0. The Bertz CT molecular complexity index is 4830. The van der Waals surface area contributed by atoms with Crippen molar-refractivity contribution < 1.29 is 4.42 Å². The van der Waals surface area contributed by atoms with E-state index in [0.29, 0.717) is 17.5 Å². The highest BCUT2D eigenvalue weighted by molar-refractivity contribution is 7.26. The van der Waals surface area contributed by atoms with E-state index in [2.05, 4.69) is 205 Å². The van der Waals surface area contributed by atoms with Crippen molar-refractivity contribution in [2.75, 3.05) is 0 Å². The molecule has 0 atom stereocenters. The van der Waals surface area contributed by atoms with Gasteiger partial charge in [0.2, 0.25) is 0 Å². The minimum absolute atomic E-state index is 0.554. The molecule has 0 fully saturated rings. The number of aromatic nitrogens is 4. The van der Waals surface area contributed by atoms with E-state index in [1.807, 2.05) is 17.4 Å². The van der Waals surface area contributed by atoms with Crippen LogP contribution in [0.3, 0.4) is 0 Å². The molecule has 5 aromatic heterocycles. The molecule has 0 N–H and O–H groups in total. The highest BCUT2D eigenvalue weighted by Crippen LogP contribution is 2.44. The standard InChI is InChI=1S/C63H34N4OS2/c1-3-13-37-32-52-48(28-35(37)11-1)49-29-36-12-2-4-14-38(36)33-53(49)67(52)42-23-25-43-41(27-42)31-51(60-59(43)47-17-5-8-18-54(47)68-60)63-65-61(39-22-26-57-50(30-39)45-16-7-10-20-56(45)69-57)64-62(66-63)40-21-24-46-44-15-6-9-19-55(44)70-58(46)34-40/h1-34H. The van der Waals surface area contributed by atoms with Crippen molar-refractivity contribution in [3.63, 3.8) is 0 Å². The van der Waals surface area contributed by atoms with Gasteiger partial charge in [-0.3, -0.25) is 0 Å². The predicted molar refractivity (Wildman–Crippen MR) is 296 cm³/mol. The summed E-state index contributed by atoms with van der Waals surface area (Å²) in [7, 11) is 0. The van der Waals surface area contributed by atoms with E-state index >= 15 is 0 Å². The summed E-state index contributed by atoms with van der Waals surface area (Å²) in [5.74, 6) is 1.77. The van der Waals surface area contributed by atoms with Gasteiger partial charge in [0.05, 0.1) is 16.6 Å². The van der Waals surface area contributed by atoms with Crippen LogP contribution in [0.5, 0.6) is 0 Å². The van der Waals surface area contributed by atoms with Crippen LogP contribution in [0.25, 0.3) is 156 Å². The summed E-state index contributed by atoms with van der Waals surface area (Å²) in [5, 5.41) is 16.5. The Kier molecular flexibility index (Phi) is 7.86. The van der Waals surface area contributed by atoms with Gasteiger partial charge in [-0.1, -0.05) is 121 Å². The van der Waals surface area contributed by atoms with Gasteiger partial charge in [-0.15, -0.1) is 22.7 Å². The molecule has 0 saturated heterocycles. The number of furan rings is 1. The second kappa shape index (κ2) is 14.4. The van der Waals surface area contributed by atoms with Crippen molar-refractivity contribution >= 4 is 139 Å². The van der Waals surface area contributed by atoms with Crippen molar-refractivity contribution in [3.8, 4) is 39.9 Å². The molecule has 16 rings (SSSR count). The highest BCUT2D eigenvalue weighted by Gasteiger charge is 2.23. The quantitative estimate of drug-likeness (QED) is 0.176. The maximum atomic E-state index is 6.92. The molecule has 0 unspecified atom stereocenters. The molecule has 0 amide bonds. The second-order valence-electron chi connectivity index (χ2n) is 18.3. The smallest absolute Gasteiger partial charge is 0.167 e. The molecule has 324 valence electrons. The zero-order valence-electron chi connectivity index (χ0n) is 37.1. The van der Waals surface area contributed by atoms with Gasteiger partial charge in [-0.05, 0) is 117 Å². The summed E-state index contributed by atoms with van der Waals surface area (Å²) in [6.07, 6.45) is 0. The van der Waals surface area contributed by atoms with Crippen LogP contribution < -0.4 is 0 Å². The molecule has 0 aliphatic carbocycles. The number of fused-ring (bicyclic) bond motifs is 16. The normalized spacial score (nSPS) is 12.3. The summed E-state index contributed by atoms with van der Waals surface area (Å²) in [4.78, 5) is 16.2. The molecule has 5 heterocycles. The number of thiophene rings is 2. The molecule has 0 aliphatic rings. The minimum Gasteiger partial charge on any atom is -0.455 e. The molecule has 0 radical (unpaired) electrons. The number of rotatable bonds is 4. The van der Waals surface area contributed by atoms with E-state index in [-0.39, 0.29) is 0 Å². The maximum absolute atomic E-state index is 6.92. The van der Waals surface area contributed by atoms with E-state index in [0.717, 1.165) is 66.1 Å². The zero-order valence-corrected chi connectivity index (χ0v) is 38.8. The Hall–Kier alpha value is -8.75. The molecule has 7 heteroatoms. The van der Waals surface area contributed by atoms with Crippen LogP contribution in [0.15, 0.2) is 211 Å². The Labute approximate surface area is 406 Å². The van der Waals surface area contributed by atoms with Crippen LogP contribution in [0.4, 0.5) is 0 Å². The fourth-order valence-electron chi connectivity index (χ4n) is 11.1. The third kappa shape index (κ3) is 5.61. The molecule has 0 saturated carbocycles. The number of hydrogen-bond acceptors (Lipinski definition) is 6. The first-order chi connectivity index (χ1) is 34.6. The molecular formula is C63H34N4OS2. The monoisotopic (exact) mass is 926 g/mol. The first-order valence-corrected chi connectivity index (χ1v) is 25.1. The SMILES string of the molecule is c1ccc2cc3c(cc2c1)c1cc2ccccc2cc1n3-c1ccc2c(c1)cc(-c1nc(-c3ccc4c(c3)sc3ccccc34)nc(-c3ccc4sc5ccccc5c4c3)n1)c1oc3ccccc3c12. The lowest BCUT2D eigenvalue weighted by Crippen LogP contribution is -2.00. The van der Waals surface area contributed by atoms with Crippen molar-refractivity contribution in [2.45, 2.75) is 0 Å². The topological polar surface area (TPSA) is 56.7 Å². The molecule has 70 heavy (non-hydrogen) atoms. The van der Waals surface area contributed by atoms with Gasteiger partial charge in [-0.25, -0.2) is 15.0 Å². The van der Waals surface area contributed by atoms with E-state index in [9.17, 15) is 0 Å². The molecule has 5 nitrogen and oxygen atoms in total. The van der Waals surface area contributed by atoms with E-state index in [1.54, 1.807) is 11.3 Å². The number of hydrogen-bond donors (Lipinski definition) is 0. The van der Waals surface area contributed by atoms with Gasteiger partial charge in [0.25, 0.3) is 0 Å². The van der Waals surface area contributed by atoms with E-state index in [4.69, 9.17) is 19.4 Å². The van der Waals surface area contributed by atoms with Crippen LogP contribution in [-0.4, -0.2) is 19.5 Å². The minimum atomic E-state index is 0.554. The van der Waals surface area contributed by atoms with E-state index in [1.165, 1.54) is 72.7 Å². The second-order valence-corrected chi connectivity index (χ2v) is 20.5. The average Bonchev–Trinajstić information content (AvgIpc) is 4.17. The largest absolute Gasteiger partial charge is 0.455 e. The van der Waals surface area contributed by atoms with Crippen molar-refractivity contribution in [2.24, 2.45) is 0 Å². The molecule has 0 aliphatic heterocycles. The van der Waals surface area contributed by atoms with Gasteiger partial charge in [0.1, 0.15) is 11.2 Å². The van der Waals surface area contributed by atoms with Crippen molar-refractivity contribution in [1.29, 1.82) is 0 Å². The van der Waals surface area contributed by atoms with Crippen LogP contribution in [0.2, 0.25) is 0 Å². The maximum Gasteiger partial charge on any atom is 0.167 e. The van der Waals surface area contributed by atoms with Gasteiger partial charge in [-0.2, -0.15) is 0 Å². The van der Waals surface area contributed by atoms with Gasteiger partial charge < -0.3 is 8.98 Å². The number of benzene rings is 11. The Balaban J connectivity index is 0.971. The fourth-order valence-corrected chi connectivity index (χ4v) is 13.3. The third-order valence-electron chi connectivity index (χ3n) is 14.4.